The zero-order valence-electron chi connectivity index (χ0n) is 9.09. The highest BCUT2D eigenvalue weighted by molar-refractivity contribution is 9.10. The molecule has 0 aromatic heterocycles. The van der Waals surface area contributed by atoms with Crippen molar-refractivity contribution in [3.05, 3.63) is 33.8 Å². The molecule has 0 unspecified atom stereocenters. The van der Waals surface area contributed by atoms with Crippen LogP contribution in [0.1, 0.15) is 22.3 Å². The number of amidine groups is 1. The van der Waals surface area contributed by atoms with Crippen LogP contribution < -0.4 is 5.32 Å². The van der Waals surface area contributed by atoms with Crippen LogP contribution in [0.2, 0.25) is 0 Å². The normalized spacial score (nSPS) is 14.5. The van der Waals surface area contributed by atoms with Gasteiger partial charge in [0, 0.05) is 16.6 Å². The summed E-state index contributed by atoms with van der Waals surface area (Å²) >= 11 is 3.38. The smallest absolute Gasteiger partial charge is 0.170 e. The summed E-state index contributed by atoms with van der Waals surface area (Å²) in [4.78, 5) is 16.3. The van der Waals surface area contributed by atoms with Gasteiger partial charge in [0.2, 0.25) is 0 Å². The van der Waals surface area contributed by atoms with E-state index in [2.05, 4.69) is 26.2 Å². The lowest BCUT2D eigenvalue weighted by Gasteiger charge is -2.06. The van der Waals surface area contributed by atoms with Gasteiger partial charge in [-0.25, -0.2) is 0 Å². The maximum Gasteiger partial charge on any atom is 0.170 e. The number of hydrogen-bond donors (Lipinski definition) is 1. The quantitative estimate of drug-likeness (QED) is 0.864. The summed E-state index contributed by atoms with van der Waals surface area (Å²) in [6, 6.07) is 5.76. The first kappa shape index (κ1) is 11.3. The molecule has 4 heteroatoms. The first-order valence-electron chi connectivity index (χ1n) is 5.23. The highest BCUT2D eigenvalue weighted by Gasteiger charge is 2.14. The zero-order chi connectivity index (χ0) is 11.5. The summed E-state index contributed by atoms with van der Waals surface area (Å²) < 4.78 is 0.933. The van der Waals surface area contributed by atoms with Crippen LogP contribution in [0.3, 0.4) is 0 Å². The SMILES string of the molecule is Cc1ccc(Br)cc1C(=O)CC1=NCCN1. The van der Waals surface area contributed by atoms with Crippen LogP contribution >= 0.6 is 15.9 Å². The highest BCUT2D eigenvalue weighted by Crippen LogP contribution is 2.17. The fourth-order valence-corrected chi connectivity index (χ4v) is 2.07. The number of benzene rings is 1. The third-order valence-corrected chi connectivity index (χ3v) is 3.06. The molecule has 0 aliphatic carbocycles. The van der Waals surface area contributed by atoms with Crippen molar-refractivity contribution in [3.8, 4) is 0 Å². The molecule has 0 saturated carbocycles. The first-order chi connectivity index (χ1) is 7.66. The minimum Gasteiger partial charge on any atom is -0.372 e. The molecule has 84 valence electrons. The van der Waals surface area contributed by atoms with Crippen LogP contribution in [0, 0.1) is 6.92 Å². The Morgan fingerprint density at radius 1 is 1.56 bits per heavy atom. The van der Waals surface area contributed by atoms with E-state index in [-0.39, 0.29) is 5.78 Å². The molecule has 16 heavy (non-hydrogen) atoms. The Bertz CT molecular complexity index is 454. The fraction of sp³-hybridized carbons (Fsp3) is 0.333. The monoisotopic (exact) mass is 280 g/mol. The second kappa shape index (κ2) is 4.78. The van der Waals surface area contributed by atoms with Crippen molar-refractivity contribution in [2.75, 3.05) is 13.1 Å². The standard InChI is InChI=1S/C12H13BrN2O/c1-8-2-3-9(13)6-10(8)11(16)7-12-14-4-5-15-12/h2-3,6H,4-5,7H2,1H3,(H,14,15). The molecule has 1 aliphatic rings. The minimum atomic E-state index is 0.118. The summed E-state index contributed by atoms with van der Waals surface area (Å²) in [6.45, 7) is 3.57. The van der Waals surface area contributed by atoms with Gasteiger partial charge in [-0.2, -0.15) is 0 Å². The molecule has 1 N–H and O–H groups in total. The summed E-state index contributed by atoms with van der Waals surface area (Å²) in [6.07, 6.45) is 0.372. The van der Waals surface area contributed by atoms with Crippen molar-refractivity contribution in [2.24, 2.45) is 4.99 Å². The summed E-state index contributed by atoms with van der Waals surface area (Å²) in [7, 11) is 0. The van der Waals surface area contributed by atoms with E-state index < -0.39 is 0 Å². The summed E-state index contributed by atoms with van der Waals surface area (Å²) in [5, 5.41) is 3.11. The van der Waals surface area contributed by atoms with Gasteiger partial charge in [0.25, 0.3) is 0 Å². The minimum absolute atomic E-state index is 0.118. The van der Waals surface area contributed by atoms with Crippen molar-refractivity contribution >= 4 is 27.5 Å². The van der Waals surface area contributed by atoms with Gasteiger partial charge in [-0.15, -0.1) is 0 Å². The van der Waals surface area contributed by atoms with Crippen molar-refractivity contribution in [1.29, 1.82) is 0 Å². The predicted molar refractivity (Wildman–Crippen MR) is 68.1 cm³/mol. The van der Waals surface area contributed by atoms with Crippen LogP contribution in [0.25, 0.3) is 0 Å². The first-order valence-corrected chi connectivity index (χ1v) is 6.02. The average Bonchev–Trinajstić information content (AvgIpc) is 2.74. The van der Waals surface area contributed by atoms with E-state index in [1.807, 2.05) is 25.1 Å². The van der Waals surface area contributed by atoms with Crippen molar-refractivity contribution in [3.63, 3.8) is 0 Å². The van der Waals surface area contributed by atoms with Gasteiger partial charge in [-0.05, 0) is 24.6 Å². The fourth-order valence-electron chi connectivity index (χ4n) is 1.71. The van der Waals surface area contributed by atoms with Crippen LogP contribution in [0.15, 0.2) is 27.7 Å². The lowest BCUT2D eigenvalue weighted by Crippen LogP contribution is -2.22. The maximum absolute atomic E-state index is 12.0. The van der Waals surface area contributed by atoms with Crippen LogP contribution in [-0.2, 0) is 0 Å². The van der Waals surface area contributed by atoms with Crippen LogP contribution in [0.5, 0.6) is 0 Å². The number of hydrogen-bond acceptors (Lipinski definition) is 3. The largest absolute Gasteiger partial charge is 0.372 e. The van der Waals surface area contributed by atoms with Crippen molar-refractivity contribution in [1.82, 2.24) is 5.32 Å². The molecule has 1 aromatic rings. The Morgan fingerprint density at radius 3 is 3.06 bits per heavy atom. The van der Waals surface area contributed by atoms with Gasteiger partial charge >= 0.3 is 0 Å². The summed E-state index contributed by atoms with van der Waals surface area (Å²) in [5.41, 5.74) is 1.78. The number of ketones is 1. The molecule has 0 atom stereocenters. The molecule has 2 rings (SSSR count). The maximum atomic E-state index is 12.0. The lowest BCUT2D eigenvalue weighted by atomic mass is 10.0. The Hall–Kier alpha value is -1.16. The number of nitrogens with zero attached hydrogens (tertiary/aromatic N) is 1. The van der Waals surface area contributed by atoms with Crippen LogP contribution in [0.4, 0.5) is 0 Å². The van der Waals surface area contributed by atoms with E-state index in [1.165, 1.54) is 0 Å². The van der Waals surface area contributed by atoms with Gasteiger partial charge in [0.05, 0.1) is 13.0 Å². The molecule has 0 amide bonds. The molecule has 0 spiro atoms. The third kappa shape index (κ3) is 2.50. The lowest BCUT2D eigenvalue weighted by molar-refractivity contribution is 0.0999. The Labute approximate surface area is 103 Å². The summed E-state index contributed by atoms with van der Waals surface area (Å²) in [5.74, 6) is 0.927. The Balaban J connectivity index is 2.16. The van der Waals surface area contributed by atoms with Gasteiger partial charge in [-0.3, -0.25) is 9.79 Å². The van der Waals surface area contributed by atoms with Gasteiger partial charge < -0.3 is 5.32 Å². The molecule has 0 saturated heterocycles. The molecule has 1 aromatic carbocycles. The van der Waals surface area contributed by atoms with E-state index in [1.54, 1.807) is 0 Å². The second-order valence-corrected chi connectivity index (χ2v) is 4.73. The number of rotatable bonds is 3. The Morgan fingerprint density at radius 2 is 2.38 bits per heavy atom. The topological polar surface area (TPSA) is 41.5 Å². The molecule has 0 radical (unpaired) electrons. The molecule has 0 bridgehead atoms. The van der Waals surface area contributed by atoms with E-state index in [4.69, 9.17) is 0 Å². The Kier molecular flexibility index (Phi) is 3.39. The third-order valence-electron chi connectivity index (χ3n) is 2.57. The number of aliphatic imine (C=N–C) groups is 1. The van der Waals surface area contributed by atoms with E-state index in [9.17, 15) is 4.79 Å². The van der Waals surface area contributed by atoms with Crippen molar-refractivity contribution in [2.45, 2.75) is 13.3 Å². The van der Waals surface area contributed by atoms with Gasteiger partial charge in [0.15, 0.2) is 5.78 Å². The average molecular weight is 281 g/mol. The molecule has 3 nitrogen and oxygen atoms in total. The molecular formula is C12H13BrN2O. The number of Topliss-reactive ketones (excluding diaryl/α,β-unsaturated/α-hetero) is 1. The molecule has 1 aliphatic heterocycles. The number of carbonyl (C=O) groups excluding carboxylic acids is 1. The molecule has 1 heterocycles. The number of nitrogens with one attached hydrogen (secondary N) is 1. The van der Waals surface area contributed by atoms with Crippen LogP contribution in [-0.4, -0.2) is 24.7 Å². The molecular weight excluding hydrogens is 268 g/mol. The van der Waals surface area contributed by atoms with E-state index in [0.717, 1.165) is 34.5 Å². The molecule has 0 fully saturated rings. The number of carbonyl (C=O) groups is 1. The van der Waals surface area contributed by atoms with Gasteiger partial charge in [0.1, 0.15) is 5.84 Å². The number of aryl methyl sites for hydroxylation is 1. The zero-order valence-corrected chi connectivity index (χ0v) is 10.7. The highest BCUT2D eigenvalue weighted by atomic mass is 79.9. The van der Waals surface area contributed by atoms with E-state index >= 15 is 0 Å². The van der Waals surface area contributed by atoms with Gasteiger partial charge in [-0.1, -0.05) is 22.0 Å². The van der Waals surface area contributed by atoms with E-state index in [0.29, 0.717) is 6.42 Å². The predicted octanol–water partition coefficient (Wildman–Crippen LogP) is 2.33. The number of halogens is 1. The second-order valence-electron chi connectivity index (χ2n) is 3.81. The van der Waals surface area contributed by atoms with Crippen molar-refractivity contribution < 1.29 is 4.79 Å².